The molecule has 30 heavy (non-hydrogen) atoms. The third kappa shape index (κ3) is 4.71. The predicted molar refractivity (Wildman–Crippen MR) is 114 cm³/mol. The Labute approximate surface area is 178 Å². The van der Waals surface area contributed by atoms with Crippen molar-refractivity contribution in [3.05, 3.63) is 41.8 Å². The number of amides is 1. The molecule has 164 valence electrons. The number of sulfonamides is 1. The number of hydrogen-bond acceptors (Lipinski definition) is 5. The summed E-state index contributed by atoms with van der Waals surface area (Å²) in [6.07, 6.45) is 5.42. The number of rotatable bonds is 3. The van der Waals surface area contributed by atoms with Gasteiger partial charge in [0, 0.05) is 18.0 Å². The molecule has 1 amide bonds. The second-order valence-corrected chi connectivity index (χ2v) is 10.0. The molecule has 0 radical (unpaired) electrons. The van der Waals surface area contributed by atoms with Crippen LogP contribution >= 0.6 is 0 Å². The van der Waals surface area contributed by atoms with E-state index in [-0.39, 0.29) is 24.7 Å². The van der Waals surface area contributed by atoms with Gasteiger partial charge >= 0.3 is 0 Å². The van der Waals surface area contributed by atoms with Crippen LogP contribution in [0.4, 0.5) is 0 Å². The van der Waals surface area contributed by atoms with E-state index in [1.807, 2.05) is 18.2 Å². The molecule has 3 heterocycles. The van der Waals surface area contributed by atoms with Gasteiger partial charge in [-0.05, 0) is 56.1 Å². The van der Waals surface area contributed by atoms with Crippen LogP contribution in [-0.2, 0) is 19.6 Å². The summed E-state index contributed by atoms with van der Waals surface area (Å²) in [6, 6.07) is 7.20. The van der Waals surface area contributed by atoms with Crippen LogP contribution in [0.2, 0.25) is 0 Å². The Morgan fingerprint density at radius 2 is 1.90 bits per heavy atom. The Kier molecular flexibility index (Phi) is 6.46. The van der Waals surface area contributed by atoms with Crippen molar-refractivity contribution in [3.8, 4) is 5.75 Å². The number of carbonyl (C=O) groups is 1. The van der Waals surface area contributed by atoms with Crippen molar-refractivity contribution in [2.75, 3.05) is 19.8 Å². The molecular formula is C22H30N2O5S. The first-order chi connectivity index (χ1) is 14.5. The van der Waals surface area contributed by atoms with Crippen molar-refractivity contribution in [2.24, 2.45) is 0 Å². The number of para-hydroxylation sites is 1. The summed E-state index contributed by atoms with van der Waals surface area (Å²) in [6.45, 7) is 4.20. The van der Waals surface area contributed by atoms with Gasteiger partial charge in [0.2, 0.25) is 10.0 Å². The van der Waals surface area contributed by atoms with E-state index in [1.54, 1.807) is 4.90 Å². The summed E-state index contributed by atoms with van der Waals surface area (Å²) < 4.78 is 39.1. The SMILES string of the molecule is C=CS(=O)(=O)NC1CCCN2C(=O)COc3ccccc3C3CCC(CC3)OCC12. The van der Waals surface area contributed by atoms with Gasteiger partial charge in [0.25, 0.3) is 5.91 Å². The summed E-state index contributed by atoms with van der Waals surface area (Å²) in [4.78, 5) is 14.8. The number of ether oxygens (including phenoxy) is 2. The van der Waals surface area contributed by atoms with E-state index in [0.717, 1.165) is 42.4 Å². The van der Waals surface area contributed by atoms with Gasteiger partial charge in [-0.25, -0.2) is 13.1 Å². The summed E-state index contributed by atoms with van der Waals surface area (Å²) in [5.74, 6) is 1.03. The van der Waals surface area contributed by atoms with Crippen molar-refractivity contribution in [3.63, 3.8) is 0 Å². The minimum absolute atomic E-state index is 0.0649. The molecule has 0 spiro atoms. The van der Waals surface area contributed by atoms with Gasteiger partial charge in [0.05, 0.1) is 18.8 Å². The van der Waals surface area contributed by atoms with Crippen LogP contribution in [-0.4, -0.2) is 57.2 Å². The lowest BCUT2D eigenvalue weighted by atomic mass is 9.82. The number of nitrogens with zero attached hydrogens (tertiary/aromatic N) is 1. The molecule has 7 nitrogen and oxygen atoms in total. The van der Waals surface area contributed by atoms with E-state index in [1.165, 1.54) is 0 Å². The van der Waals surface area contributed by atoms with Crippen LogP contribution in [0.3, 0.4) is 0 Å². The number of fused-ring (bicyclic) bond motifs is 5. The molecule has 8 heteroatoms. The summed E-state index contributed by atoms with van der Waals surface area (Å²) in [5.41, 5.74) is 1.16. The van der Waals surface area contributed by atoms with E-state index in [0.29, 0.717) is 31.9 Å². The fraction of sp³-hybridized carbons (Fsp3) is 0.591. The molecule has 1 saturated heterocycles. The average molecular weight is 435 g/mol. The third-order valence-electron chi connectivity index (χ3n) is 6.52. The minimum Gasteiger partial charge on any atom is -0.483 e. The van der Waals surface area contributed by atoms with Gasteiger partial charge in [-0.3, -0.25) is 4.79 Å². The van der Waals surface area contributed by atoms with E-state index in [4.69, 9.17) is 9.47 Å². The van der Waals surface area contributed by atoms with E-state index in [2.05, 4.69) is 17.4 Å². The second-order valence-electron chi connectivity index (χ2n) is 8.37. The van der Waals surface area contributed by atoms with Gasteiger partial charge in [-0.1, -0.05) is 24.8 Å². The van der Waals surface area contributed by atoms with Crippen LogP contribution in [0.25, 0.3) is 0 Å². The topological polar surface area (TPSA) is 84.9 Å². The molecule has 1 N–H and O–H groups in total. The zero-order valence-corrected chi connectivity index (χ0v) is 18.0. The minimum atomic E-state index is -3.61. The molecule has 1 aliphatic carbocycles. The summed E-state index contributed by atoms with van der Waals surface area (Å²) in [7, 11) is -3.61. The Hall–Kier alpha value is -1.90. The first-order valence-corrected chi connectivity index (χ1v) is 12.3. The maximum atomic E-state index is 13.1. The fourth-order valence-corrected chi connectivity index (χ4v) is 5.71. The molecule has 0 aromatic heterocycles. The van der Waals surface area contributed by atoms with Gasteiger partial charge in [-0.2, -0.15) is 0 Å². The molecule has 1 aromatic rings. The van der Waals surface area contributed by atoms with Crippen LogP contribution in [0.1, 0.15) is 50.0 Å². The highest BCUT2D eigenvalue weighted by atomic mass is 32.2. The van der Waals surface area contributed by atoms with Crippen molar-refractivity contribution >= 4 is 15.9 Å². The normalized spacial score (nSPS) is 30.1. The Bertz CT molecular complexity index is 879. The molecule has 1 aromatic carbocycles. The summed E-state index contributed by atoms with van der Waals surface area (Å²) in [5, 5.41) is 0.912. The number of piperidine rings is 1. The van der Waals surface area contributed by atoms with Crippen molar-refractivity contribution in [1.29, 1.82) is 0 Å². The molecule has 2 atom stereocenters. The van der Waals surface area contributed by atoms with E-state index >= 15 is 0 Å². The third-order valence-corrected chi connectivity index (χ3v) is 7.59. The molecule has 1 saturated carbocycles. The predicted octanol–water partition coefficient (Wildman–Crippen LogP) is 2.54. The first-order valence-electron chi connectivity index (χ1n) is 10.7. The monoisotopic (exact) mass is 434 g/mol. The Morgan fingerprint density at radius 3 is 2.67 bits per heavy atom. The lowest BCUT2D eigenvalue weighted by Crippen LogP contribution is -2.59. The number of hydrogen-bond donors (Lipinski definition) is 1. The zero-order valence-electron chi connectivity index (χ0n) is 17.2. The van der Waals surface area contributed by atoms with Crippen LogP contribution in [0.15, 0.2) is 36.3 Å². The molecule has 2 bridgehead atoms. The number of carbonyl (C=O) groups excluding carboxylic acids is 1. The Morgan fingerprint density at radius 1 is 1.13 bits per heavy atom. The van der Waals surface area contributed by atoms with Gasteiger partial charge in [-0.15, -0.1) is 0 Å². The standard InChI is InChI=1S/C22H30N2O5S/c1-2-30(26,27)23-19-7-5-13-24-20(19)14-28-17-11-9-16(10-12-17)18-6-3-4-8-21(18)29-15-22(24)25/h2-4,6,8,16-17,19-20,23H,1,5,7,9-15H2. The zero-order chi connectivity index (χ0) is 21.1. The van der Waals surface area contributed by atoms with Gasteiger partial charge in [0.15, 0.2) is 6.61 Å². The van der Waals surface area contributed by atoms with Gasteiger partial charge in [0.1, 0.15) is 5.75 Å². The van der Waals surface area contributed by atoms with E-state index < -0.39 is 16.1 Å². The van der Waals surface area contributed by atoms with Crippen LogP contribution in [0.5, 0.6) is 5.75 Å². The molecule has 2 fully saturated rings. The van der Waals surface area contributed by atoms with Gasteiger partial charge < -0.3 is 14.4 Å². The maximum Gasteiger partial charge on any atom is 0.260 e. The van der Waals surface area contributed by atoms with E-state index in [9.17, 15) is 13.2 Å². The van der Waals surface area contributed by atoms with Crippen molar-refractivity contribution in [2.45, 2.75) is 62.6 Å². The highest BCUT2D eigenvalue weighted by Crippen LogP contribution is 2.38. The smallest absolute Gasteiger partial charge is 0.260 e. The van der Waals surface area contributed by atoms with Crippen molar-refractivity contribution < 1.29 is 22.7 Å². The highest BCUT2D eigenvalue weighted by molar-refractivity contribution is 7.92. The number of nitrogens with one attached hydrogen (secondary N) is 1. The van der Waals surface area contributed by atoms with Crippen LogP contribution < -0.4 is 9.46 Å². The second kappa shape index (κ2) is 9.08. The lowest BCUT2D eigenvalue weighted by molar-refractivity contribution is -0.140. The fourth-order valence-electron chi connectivity index (χ4n) is 4.92. The molecule has 3 aliphatic heterocycles. The molecular weight excluding hydrogens is 404 g/mol. The summed E-state index contributed by atoms with van der Waals surface area (Å²) >= 11 is 0. The largest absolute Gasteiger partial charge is 0.483 e. The molecule has 4 aliphatic rings. The van der Waals surface area contributed by atoms with Crippen molar-refractivity contribution in [1.82, 2.24) is 9.62 Å². The quantitative estimate of drug-likeness (QED) is 0.790. The Balaban J connectivity index is 1.61. The lowest BCUT2D eigenvalue weighted by Gasteiger charge is -2.41. The number of benzene rings is 1. The highest BCUT2D eigenvalue weighted by Gasteiger charge is 2.37. The molecule has 2 unspecified atom stereocenters. The molecule has 5 rings (SSSR count). The maximum absolute atomic E-state index is 13.1. The van der Waals surface area contributed by atoms with Crippen LogP contribution in [0, 0.1) is 0 Å². The average Bonchev–Trinajstić information content (AvgIpc) is 2.78. The first kappa shape index (κ1) is 21.3.